The van der Waals surface area contributed by atoms with E-state index in [-0.39, 0.29) is 5.41 Å². The van der Waals surface area contributed by atoms with Gasteiger partial charge in [-0.1, -0.05) is 18.5 Å². The number of ether oxygens (including phenoxy) is 1. The van der Waals surface area contributed by atoms with E-state index in [2.05, 4.69) is 22.4 Å². The van der Waals surface area contributed by atoms with Crippen LogP contribution in [0, 0.1) is 5.41 Å². The van der Waals surface area contributed by atoms with Crippen LogP contribution in [0.4, 0.5) is 5.69 Å². The molecule has 1 aromatic rings. The molecule has 1 N–H and O–H groups in total. The molecule has 4 nitrogen and oxygen atoms in total. The Hall–Kier alpha value is -0.870. The van der Waals surface area contributed by atoms with E-state index < -0.39 is 0 Å². The Morgan fingerprint density at radius 2 is 2.53 bits per heavy atom. The van der Waals surface area contributed by atoms with Gasteiger partial charge in [-0.3, -0.25) is 0 Å². The fourth-order valence-corrected chi connectivity index (χ4v) is 1.76. The molecule has 1 saturated heterocycles. The Morgan fingerprint density at radius 3 is 3.20 bits per heavy atom. The Kier molecular flexibility index (Phi) is 3.07. The summed E-state index contributed by atoms with van der Waals surface area (Å²) in [6.07, 6.45) is 2.76. The smallest absolute Gasteiger partial charge is 0.153 e. The maximum absolute atomic E-state index is 5.74. The van der Waals surface area contributed by atoms with Crippen molar-refractivity contribution in [3.63, 3.8) is 0 Å². The quantitative estimate of drug-likeness (QED) is 0.858. The third-order valence-electron chi connectivity index (χ3n) is 2.64. The van der Waals surface area contributed by atoms with Gasteiger partial charge >= 0.3 is 0 Å². The van der Waals surface area contributed by atoms with Gasteiger partial charge in [-0.25, -0.2) is 0 Å². The van der Waals surface area contributed by atoms with Gasteiger partial charge in [0.2, 0.25) is 0 Å². The molecule has 15 heavy (non-hydrogen) atoms. The molecule has 1 atom stereocenters. The van der Waals surface area contributed by atoms with E-state index in [9.17, 15) is 0 Å². The summed E-state index contributed by atoms with van der Waals surface area (Å²) in [5.74, 6) is 0. The second-order valence-electron chi connectivity index (χ2n) is 4.23. The lowest BCUT2D eigenvalue weighted by Crippen LogP contribution is -2.26. The number of hydrogen-bond donors (Lipinski definition) is 1. The van der Waals surface area contributed by atoms with E-state index in [0.717, 1.165) is 31.9 Å². The minimum Gasteiger partial charge on any atom is -0.383 e. The average Bonchev–Trinajstić information content (AvgIpc) is 2.63. The molecule has 1 aromatic heterocycles. The van der Waals surface area contributed by atoms with Gasteiger partial charge in [-0.15, -0.1) is 5.10 Å². The summed E-state index contributed by atoms with van der Waals surface area (Å²) in [6, 6.07) is 1.77. The lowest BCUT2D eigenvalue weighted by atomic mass is 9.90. The van der Waals surface area contributed by atoms with E-state index in [4.69, 9.17) is 16.3 Å². The van der Waals surface area contributed by atoms with Gasteiger partial charge < -0.3 is 10.1 Å². The molecule has 1 aliphatic heterocycles. The molecule has 1 unspecified atom stereocenters. The van der Waals surface area contributed by atoms with Gasteiger partial charge in [0.15, 0.2) is 5.15 Å². The number of aromatic nitrogens is 2. The van der Waals surface area contributed by atoms with Crippen LogP contribution >= 0.6 is 11.6 Å². The van der Waals surface area contributed by atoms with Crippen LogP contribution in [0.15, 0.2) is 12.3 Å². The van der Waals surface area contributed by atoms with Crippen LogP contribution in [-0.4, -0.2) is 30.0 Å². The molecule has 0 aromatic carbocycles. The van der Waals surface area contributed by atoms with Crippen molar-refractivity contribution in [2.24, 2.45) is 5.41 Å². The monoisotopic (exact) mass is 227 g/mol. The van der Waals surface area contributed by atoms with Gasteiger partial charge in [0.05, 0.1) is 18.5 Å². The first kappa shape index (κ1) is 10.6. The molecule has 1 fully saturated rings. The summed E-state index contributed by atoms with van der Waals surface area (Å²) in [7, 11) is 0. The first-order valence-corrected chi connectivity index (χ1v) is 5.36. The largest absolute Gasteiger partial charge is 0.383 e. The standard InChI is InChI=1S/C10H14ClN3O/c1-10(2-3-15-7-10)6-12-8-4-9(11)14-13-5-8/h4-5H,2-3,6-7H2,1H3,(H,12,14). The minimum absolute atomic E-state index is 0.218. The van der Waals surface area contributed by atoms with E-state index in [1.165, 1.54) is 0 Å². The highest BCUT2D eigenvalue weighted by molar-refractivity contribution is 6.29. The number of hydrogen-bond acceptors (Lipinski definition) is 4. The van der Waals surface area contributed by atoms with Crippen molar-refractivity contribution in [2.75, 3.05) is 25.1 Å². The SMILES string of the molecule is CC1(CNc2cnnc(Cl)c2)CCOC1. The number of halogens is 1. The molecule has 0 spiro atoms. The molecule has 0 radical (unpaired) electrons. The summed E-state index contributed by atoms with van der Waals surface area (Å²) >= 11 is 5.74. The molecule has 0 bridgehead atoms. The number of anilines is 1. The number of nitrogens with zero attached hydrogens (tertiary/aromatic N) is 2. The minimum atomic E-state index is 0.218. The van der Waals surface area contributed by atoms with Crippen LogP contribution in [0.2, 0.25) is 5.15 Å². The Morgan fingerprint density at radius 1 is 1.67 bits per heavy atom. The molecule has 0 amide bonds. The molecule has 2 rings (SSSR count). The zero-order valence-corrected chi connectivity index (χ0v) is 9.42. The molecule has 0 saturated carbocycles. The summed E-state index contributed by atoms with van der Waals surface area (Å²) in [4.78, 5) is 0. The highest BCUT2D eigenvalue weighted by Gasteiger charge is 2.29. The van der Waals surface area contributed by atoms with Crippen molar-refractivity contribution < 1.29 is 4.74 Å². The highest BCUT2D eigenvalue weighted by Crippen LogP contribution is 2.28. The lowest BCUT2D eigenvalue weighted by Gasteiger charge is -2.22. The van der Waals surface area contributed by atoms with Gasteiger partial charge in [-0.2, -0.15) is 5.10 Å². The first-order chi connectivity index (χ1) is 7.18. The predicted molar refractivity (Wildman–Crippen MR) is 59.1 cm³/mol. The highest BCUT2D eigenvalue weighted by atomic mass is 35.5. The van der Waals surface area contributed by atoms with Crippen molar-refractivity contribution in [3.05, 3.63) is 17.4 Å². The van der Waals surface area contributed by atoms with Crippen LogP contribution in [0.5, 0.6) is 0 Å². The summed E-state index contributed by atoms with van der Waals surface area (Å²) < 4.78 is 5.38. The van der Waals surface area contributed by atoms with Gasteiger partial charge in [-0.05, 0) is 6.42 Å². The molecular formula is C10H14ClN3O. The average molecular weight is 228 g/mol. The van der Waals surface area contributed by atoms with Crippen molar-refractivity contribution in [2.45, 2.75) is 13.3 Å². The zero-order valence-electron chi connectivity index (χ0n) is 8.66. The molecule has 5 heteroatoms. The summed E-state index contributed by atoms with van der Waals surface area (Å²) in [6.45, 7) is 4.75. The third-order valence-corrected chi connectivity index (χ3v) is 2.83. The van der Waals surface area contributed by atoms with Crippen molar-refractivity contribution in [1.29, 1.82) is 0 Å². The van der Waals surface area contributed by atoms with Crippen molar-refractivity contribution in [1.82, 2.24) is 10.2 Å². The fourth-order valence-electron chi connectivity index (χ4n) is 1.60. The van der Waals surface area contributed by atoms with Gasteiger partial charge in [0, 0.05) is 24.6 Å². The molecule has 0 aliphatic carbocycles. The second-order valence-corrected chi connectivity index (χ2v) is 4.62. The molecule has 82 valence electrons. The van der Waals surface area contributed by atoms with E-state index in [0.29, 0.717) is 5.15 Å². The zero-order chi connectivity index (χ0) is 10.7. The van der Waals surface area contributed by atoms with Crippen LogP contribution in [0.3, 0.4) is 0 Å². The molecule has 1 aliphatic rings. The summed E-state index contributed by atoms with van der Waals surface area (Å²) in [5.41, 5.74) is 1.12. The van der Waals surface area contributed by atoms with Crippen LogP contribution < -0.4 is 5.32 Å². The number of rotatable bonds is 3. The lowest BCUT2D eigenvalue weighted by molar-refractivity contribution is 0.164. The molecular weight excluding hydrogens is 214 g/mol. The van der Waals surface area contributed by atoms with E-state index in [1.807, 2.05) is 0 Å². The fraction of sp³-hybridized carbons (Fsp3) is 0.600. The second kappa shape index (κ2) is 4.33. The van der Waals surface area contributed by atoms with Crippen LogP contribution in [0.25, 0.3) is 0 Å². The predicted octanol–water partition coefficient (Wildman–Crippen LogP) is 1.97. The van der Waals surface area contributed by atoms with Gasteiger partial charge in [0.1, 0.15) is 0 Å². The normalized spacial score (nSPS) is 25.5. The number of nitrogens with one attached hydrogen (secondary N) is 1. The summed E-state index contributed by atoms with van der Waals surface area (Å²) in [5, 5.41) is 11.2. The van der Waals surface area contributed by atoms with Crippen LogP contribution in [-0.2, 0) is 4.74 Å². The maximum Gasteiger partial charge on any atom is 0.153 e. The van der Waals surface area contributed by atoms with Gasteiger partial charge in [0.25, 0.3) is 0 Å². The Bertz CT molecular complexity index is 339. The van der Waals surface area contributed by atoms with Crippen molar-refractivity contribution in [3.8, 4) is 0 Å². The topological polar surface area (TPSA) is 47.0 Å². The van der Waals surface area contributed by atoms with Crippen LogP contribution in [0.1, 0.15) is 13.3 Å². The van der Waals surface area contributed by atoms with E-state index >= 15 is 0 Å². The van der Waals surface area contributed by atoms with E-state index in [1.54, 1.807) is 12.3 Å². The Labute approximate surface area is 94.0 Å². The van der Waals surface area contributed by atoms with Crippen molar-refractivity contribution >= 4 is 17.3 Å². The Balaban J connectivity index is 1.92. The molecule has 2 heterocycles. The third kappa shape index (κ3) is 2.79. The maximum atomic E-state index is 5.74. The first-order valence-electron chi connectivity index (χ1n) is 4.98.